The third kappa shape index (κ3) is 7.66. The first kappa shape index (κ1) is 19.1. The molecule has 2 N–H and O–H groups in total. The highest BCUT2D eigenvalue weighted by atomic mass is 127. The van der Waals surface area contributed by atoms with Gasteiger partial charge in [-0.05, 0) is 12.3 Å². The molecule has 0 spiro atoms. The van der Waals surface area contributed by atoms with Crippen LogP contribution in [0.25, 0.3) is 0 Å². The Morgan fingerprint density at radius 1 is 1.35 bits per heavy atom. The molecule has 7 heteroatoms. The first-order chi connectivity index (χ1) is 9.13. The van der Waals surface area contributed by atoms with Crippen molar-refractivity contribution in [2.45, 2.75) is 39.7 Å². The lowest BCUT2D eigenvalue weighted by Gasteiger charge is -2.11. The lowest BCUT2D eigenvalue weighted by atomic mass is 10.1. The molecule has 0 saturated heterocycles. The molecule has 0 fully saturated rings. The van der Waals surface area contributed by atoms with Crippen molar-refractivity contribution in [3.63, 3.8) is 0 Å². The van der Waals surface area contributed by atoms with Crippen LogP contribution in [0.5, 0.6) is 0 Å². The van der Waals surface area contributed by atoms with Gasteiger partial charge in [-0.3, -0.25) is 9.67 Å². The zero-order valence-corrected chi connectivity index (χ0v) is 15.2. The molecule has 0 aliphatic carbocycles. The van der Waals surface area contributed by atoms with Crippen LogP contribution in [0.2, 0.25) is 0 Å². The van der Waals surface area contributed by atoms with Gasteiger partial charge < -0.3 is 10.6 Å². The Kier molecular flexibility index (Phi) is 10.4. The number of rotatable bonds is 7. The van der Waals surface area contributed by atoms with Crippen LogP contribution in [-0.4, -0.2) is 34.3 Å². The second kappa shape index (κ2) is 10.9. The summed E-state index contributed by atoms with van der Waals surface area (Å²) in [4.78, 5) is 8.34. The SMILES string of the molecule is CN=C(NCCCCC(C)C)NCc1ncnn1C.I. The molecule has 0 aromatic carbocycles. The molecule has 0 radical (unpaired) electrons. The first-order valence-corrected chi connectivity index (χ1v) is 6.91. The van der Waals surface area contributed by atoms with Gasteiger partial charge in [-0.1, -0.05) is 26.7 Å². The lowest BCUT2D eigenvalue weighted by Crippen LogP contribution is -2.37. The average molecular weight is 394 g/mol. The van der Waals surface area contributed by atoms with Crippen molar-refractivity contribution in [1.82, 2.24) is 25.4 Å². The van der Waals surface area contributed by atoms with E-state index in [2.05, 4.69) is 39.6 Å². The van der Waals surface area contributed by atoms with E-state index in [4.69, 9.17) is 0 Å². The van der Waals surface area contributed by atoms with E-state index in [1.165, 1.54) is 19.3 Å². The molecule has 1 aromatic heterocycles. The van der Waals surface area contributed by atoms with Crippen molar-refractivity contribution >= 4 is 29.9 Å². The number of aliphatic imine (C=N–C) groups is 1. The standard InChI is InChI=1S/C13H26N6.HI/c1-11(2)7-5-6-8-15-13(14-3)16-9-12-17-10-18-19(12)4;/h10-11H,5-9H2,1-4H3,(H2,14,15,16);1H. The number of aromatic nitrogens is 3. The summed E-state index contributed by atoms with van der Waals surface area (Å²) in [6.45, 7) is 6.09. The van der Waals surface area contributed by atoms with E-state index in [-0.39, 0.29) is 24.0 Å². The number of halogens is 1. The van der Waals surface area contributed by atoms with Gasteiger partial charge >= 0.3 is 0 Å². The van der Waals surface area contributed by atoms with E-state index in [0.29, 0.717) is 6.54 Å². The molecule has 0 unspecified atom stereocenters. The summed E-state index contributed by atoms with van der Waals surface area (Å²) < 4.78 is 1.75. The largest absolute Gasteiger partial charge is 0.356 e. The maximum Gasteiger partial charge on any atom is 0.191 e. The Bertz CT molecular complexity index is 388. The zero-order valence-electron chi connectivity index (χ0n) is 12.9. The van der Waals surface area contributed by atoms with Crippen LogP contribution < -0.4 is 10.6 Å². The molecule has 116 valence electrons. The van der Waals surface area contributed by atoms with Gasteiger partial charge in [0.25, 0.3) is 0 Å². The van der Waals surface area contributed by atoms with Crippen LogP contribution in [0.1, 0.15) is 38.9 Å². The van der Waals surface area contributed by atoms with Crippen LogP contribution in [0, 0.1) is 5.92 Å². The third-order valence-electron chi connectivity index (χ3n) is 2.94. The Hall–Kier alpha value is -0.860. The molecule has 6 nitrogen and oxygen atoms in total. The van der Waals surface area contributed by atoms with Crippen LogP contribution >= 0.6 is 24.0 Å². The molecule has 0 saturated carbocycles. The minimum atomic E-state index is 0. The highest BCUT2D eigenvalue weighted by Crippen LogP contribution is 2.04. The van der Waals surface area contributed by atoms with Crippen molar-refractivity contribution in [1.29, 1.82) is 0 Å². The number of unbranched alkanes of at least 4 members (excludes halogenated alkanes) is 1. The Labute approximate surface area is 138 Å². The van der Waals surface area contributed by atoms with Gasteiger partial charge in [-0.15, -0.1) is 24.0 Å². The number of guanidine groups is 1. The van der Waals surface area contributed by atoms with Crippen LogP contribution in [-0.2, 0) is 13.6 Å². The number of hydrogen-bond donors (Lipinski definition) is 2. The van der Waals surface area contributed by atoms with E-state index in [0.717, 1.165) is 24.2 Å². The van der Waals surface area contributed by atoms with Gasteiger partial charge in [0.2, 0.25) is 0 Å². The molecule has 0 aliphatic rings. The first-order valence-electron chi connectivity index (χ1n) is 6.91. The van der Waals surface area contributed by atoms with E-state index >= 15 is 0 Å². The van der Waals surface area contributed by atoms with Crippen molar-refractivity contribution in [3.8, 4) is 0 Å². The molecule has 1 aromatic rings. The average Bonchev–Trinajstić information content (AvgIpc) is 2.78. The van der Waals surface area contributed by atoms with Gasteiger partial charge in [0, 0.05) is 20.6 Å². The molecule has 1 rings (SSSR count). The Morgan fingerprint density at radius 2 is 2.10 bits per heavy atom. The van der Waals surface area contributed by atoms with Crippen LogP contribution in [0.3, 0.4) is 0 Å². The minimum Gasteiger partial charge on any atom is -0.356 e. The van der Waals surface area contributed by atoms with Gasteiger partial charge in [-0.2, -0.15) is 5.10 Å². The molecule has 0 bridgehead atoms. The van der Waals surface area contributed by atoms with Gasteiger partial charge in [-0.25, -0.2) is 4.98 Å². The third-order valence-corrected chi connectivity index (χ3v) is 2.94. The van der Waals surface area contributed by atoms with E-state index in [1.807, 2.05) is 7.05 Å². The molecular weight excluding hydrogens is 367 g/mol. The summed E-state index contributed by atoms with van der Waals surface area (Å²) in [5.74, 6) is 2.49. The number of nitrogens with zero attached hydrogens (tertiary/aromatic N) is 4. The normalized spacial score (nSPS) is 11.3. The fraction of sp³-hybridized carbons (Fsp3) is 0.769. The molecule has 20 heavy (non-hydrogen) atoms. The summed E-state index contributed by atoms with van der Waals surface area (Å²) in [7, 11) is 3.66. The van der Waals surface area contributed by atoms with Crippen molar-refractivity contribution < 1.29 is 0 Å². The zero-order chi connectivity index (χ0) is 14.1. The number of nitrogens with one attached hydrogen (secondary N) is 2. The maximum atomic E-state index is 4.19. The summed E-state index contributed by atoms with van der Waals surface area (Å²) >= 11 is 0. The second-order valence-electron chi connectivity index (χ2n) is 5.04. The minimum absolute atomic E-state index is 0. The van der Waals surface area contributed by atoms with Crippen LogP contribution in [0.15, 0.2) is 11.3 Å². The number of hydrogen-bond acceptors (Lipinski definition) is 3. The quantitative estimate of drug-likeness (QED) is 0.321. The predicted molar refractivity (Wildman–Crippen MR) is 93.3 cm³/mol. The molecule has 1 heterocycles. The van der Waals surface area contributed by atoms with E-state index in [9.17, 15) is 0 Å². The second-order valence-corrected chi connectivity index (χ2v) is 5.04. The topological polar surface area (TPSA) is 67.1 Å². The molecule has 0 aliphatic heterocycles. The summed E-state index contributed by atoms with van der Waals surface area (Å²) in [6, 6.07) is 0. The summed E-state index contributed by atoms with van der Waals surface area (Å²) in [5.41, 5.74) is 0. The monoisotopic (exact) mass is 394 g/mol. The highest BCUT2D eigenvalue weighted by molar-refractivity contribution is 14.0. The molecular formula is C13H27IN6. The maximum absolute atomic E-state index is 4.19. The summed E-state index contributed by atoms with van der Waals surface area (Å²) in [6.07, 6.45) is 5.26. The van der Waals surface area contributed by atoms with Crippen molar-refractivity contribution in [2.75, 3.05) is 13.6 Å². The number of aryl methyl sites for hydroxylation is 1. The van der Waals surface area contributed by atoms with E-state index in [1.54, 1.807) is 18.1 Å². The lowest BCUT2D eigenvalue weighted by molar-refractivity contribution is 0.534. The van der Waals surface area contributed by atoms with Gasteiger partial charge in [0.1, 0.15) is 12.2 Å². The molecule has 0 atom stereocenters. The molecule has 0 amide bonds. The fourth-order valence-electron chi connectivity index (χ4n) is 1.75. The van der Waals surface area contributed by atoms with Gasteiger partial charge in [0.05, 0.1) is 6.54 Å². The van der Waals surface area contributed by atoms with E-state index < -0.39 is 0 Å². The summed E-state index contributed by atoms with van der Waals surface area (Å²) in [5, 5.41) is 10.6. The van der Waals surface area contributed by atoms with Crippen molar-refractivity contribution in [2.24, 2.45) is 18.0 Å². The Balaban J connectivity index is 0.00000361. The Morgan fingerprint density at radius 3 is 2.65 bits per heavy atom. The highest BCUT2D eigenvalue weighted by Gasteiger charge is 2.02. The predicted octanol–water partition coefficient (Wildman–Crippen LogP) is 1.92. The fourth-order valence-corrected chi connectivity index (χ4v) is 1.75. The van der Waals surface area contributed by atoms with Crippen LogP contribution in [0.4, 0.5) is 0 Å². The van der Waals surface area contributed by atoms with Gasteiger partial charge in [0.15, 0.2) is 5.96 Å². The van der Waals surface area contributed by atoms with Crippen molar-refractivity contribution in [3.05, 3.63) is 12.2 Å². The smallest absolute Gasteiger partial charge is 0.191 e.